The molecule has 154 valence electrons. The molecule has 9 heteroatoms. The molecule has 3 unspecified atom stereocenters. The average Bonchev–Trinajstić information content (AvgIpc) is 3.45. The number of fused-ring (bicyclic) bond motifs is 3. The normalized spacial score (nSPS) is 21.9. The highest BCUT2D eigenvalue weighted by Gasteiger charge is 2.40. The summed E-state index contributed by atoms with van der Waals surface area (Å²) in [7, 11) is 0. The minimum atomic E-state index is -0.250. The summed E-state index contributed by atoms with van der Waals surface area (Å²) in [5.74, 6) is 0.473. The quantitative estimate of drug-likeness (QED) is 0.488. The fourth-order valence-corrected chi connectivity index (χ4v) is 4.86. The summed E-state index contributed by atoms with van der Waals surface area (Å²) in [5, 5.41) is 24.7. The summed E-state index contributed by atoms with van der Waals surface area (Å²) in [6, 6.07) is 6.81. The lowest BCUT2D eigenvalue weighted by Gasteiger charge is -2.23. The minimum Gasteiger partial charge on any atom is -0.483 e. The second-order valence-electron chi connectivity index (χ2n) is 7.15. The summed E-state index contributed by atoms with van der Waals surface area (Å²) in [5.41, 5.74) is 3.41. The Morgan fingerprint density at radius 2 is 2.17 bits per heavy atom. The first kappa shape index (κ1) is 20.9. The van der Waals surface area contributed by atoms with E-state index in [-0.39, 0.29) is 25.8 Å². The van der Waals surface area contributed by atoms with Gasteiger partial charge in [-0.1, -0.05) is 13.5 Å². The number of benzene rings is 1. The molecule has 2 fully saturated rings. The van der Waals surface area contributed by atoms with Gasteiger partial charge in [-0.3, -0.25) is 14.7 Å². The number of rotatable bonds is 3. The summed E-state index contributed by atoms with van der Waals surface area (Å²) in [6.45, 7) is 2.75. The van der Waals surface area contributed by atoms with Crippen molar-refractivity contribution in [2.24, 2.45) is 5.92 Å². The zero-order valence-electron chi connectivity index (χ0n) is 15.3. The third-order valence-electron chi connectivity index (χ3n) is 5.32. The van der Waals surface area contributed by atoms with E-state index in [2.05, 4.69) is 25.8 Å². The van der Waals surface area contributed by atoms with E-state index >= 15 is 0 Å². The Morgan fingerprint density at radius 3 is 2.79 bits per heavy atom. The number of carbonyl (C=O) groups is 2. The topological polar surface area (TPSA) is 120 Å². The first-order valence-electron chi connectivity index (χ1n) is 9.11. The maximum Gasteiger partial charge on any atom is 0.290 e. The van der Waals surface area contributed by atoms with E-state index in [1.807, 2.05) is 30.5 Å². The average molecular weight is 416 g/mol. The number of thiazole rings is 1. The molecule has 3 atom stereocenters. The molecule has 2 aromatic heterocycles. The maximum atomic E-state index is 12.7. The Balaban J connectivity index is 0.000000568. The van der Waals surface area contributed by atoms with Crippen LogP contribution in [0.1, 0.15) is 36.5 Å². The number of amides is 1. The number of nitrogens with one attached hydrogen (secondary N) is 3. The van der Waals surface area contributed by atoms with Crippen molar-refractivity contribution in [3.8, 4) is 10.6 Å². The zero-order valence-corrected chi connectivity index (χ0v) is 16.1. The first-order chi connectivity index (χ1) is 13.6. The third-order valence-corrected chi connectivity index (χ3v) is 6.33. The van der Waals surface area contributed by atoms with E-state index in [0.717, 1.165) is 40.1 Å². The molecule has 2 aliphatic rings. The van der Waals surface area contributed by atoms with Crippen molar-refractivity contribution >= 4 is 34.6 Å². The Labute approximate surface area is 172 Å². The van der Waals surface area contributed by atoms with Crippen molar-refractivity contribution in [2.75, 3.05) is 6.54 Å². The third kappa shape index (κ3) is 4.15. The number of piperidine rings is 1. The fraction of sp³-hybridized carbons (Fsp3) is 0.400. The van der Waals surface area contributed by atoms with Gasteiger partial charge in [0.1, 0.15) is 5.01 Å². The molecule has 1 amide bonds. The molecule has 1 aromatic carbocycles. The number of H-pyrrole nitrogens is 1. The van der Waals surface area contributed by atoms with Crippen LogP contribution in [0.4, 0.5) is 0 Å². The van der Waals surface area contributed by atoms with Crippen molar-refractivity contribution in [1.29, 1.82) is 0 Å². The predicted molar refractivity (Wildman–Crippen MR) is 113 cm³/mol. The number of hydrogen-bond donors (Lipinski definition) is 4. The molecule has 4 N–H and O–H groups in total. The lowest BCUT2D eigenvalue weighted by Crippen LogP contribution is -2.44. The molecule has 3 heterocycles. The van der Waals surface area contributed by atoms with E-state index in [0.29, 0.717) is 17.7 Å². The lowest BCUT2D eigenvalue weighted by molar-refractivity contribution is -0.122. The van der Waals surface area contributed by atoms with Crippen molar-refractivity contribution in [3.05, 3.63) is 35.0 Å². The van der Waals surface area contributed by atoms with E-state index < -0.39 is 0 Å². The number of aromatic amines is 1. The molecule has 5 rings (SSSR count). The number of nitrogens with zero attached hydrogens (tertiary/aromatic N) is 2. The van der Waals surface area contributed by atoms with E-state index in [1.54, 1.807) is 11.3 Å². The van der Waals surface area contributed by atoms with Gasteiger partial charge in [0.15, 0.2) is 5.69 Å². The summed E-state index contributed by atoms with van der Waals surface area (Å²) in [6.07, 6.45) is 2.19. The highest BCUT2D eigenvalue weighted by atomic mass is 32.1. The fourth-order valence-electron chi connectivity index (χ4n) is 4.06. The van der Waals surface area contributed by atoms with Crippen LogP contribution in [0.3, 0.4) is 0 Å². The molecule has 3 aromatic rings. The van der Waals surface area contributed by atoms with Crippen molar-refractivity contribution in [2.45, 2.75) is 39.3 Å². The summed E-state index contributed by atoms with van der Waals surface area (Å²) >= 11 is 1.62. The van der Waals surface area contributed by atoms with E-state index in [9.17, 15) is 4.79 Å². The van der Waals surface area contributed by atoms with Gasteiger partial charge in [0.2, 0.25) is 0 Å². The highest BCUT2D eigenvalue weighted by Crippen LogP contribution is 2.32. The zero-order chi connectivity index (χ0) is 19.7. The molecular formula is C20H25N5O3S. The van der Waals surface area contributed by atoms with E-state index in [4.69, 9.17) is 9.90 Å². The molecule has 1 saturated carbocycles. The van der Waals surface area contributed by atoms with Gasteiger partial charge >= 0.3 is 0 Å². The number of hydrogen-bond acceptors (Lipinski definition) is 6. The van der Waals surface area contributed by atoms with Gasteiger partial charge in [0, 0.05) is 40.7 Å². The van der Waals surface area contributed by atoms with Gasteiger partial charge < -0.3 is 15.7 Å². The number of carbonyl (C=O) groups excluding carboxylic acids is 1. The van der Waals surface area contributed by atoms with Gasteiger partial charge in [-0.25, -0.2) is 4.98 Å². The molecule has 8 nitrogen and oxygen atoms in total. The molecule has 29 heavy (non-hydrogen) atoms. The van der Waals surface area contributed by atoms with Crippen molar-refractivity contribution in [1.82, 2.24) is 25.8 Å². The number of aryl methyl sites for hydroxylation is 1. The largest absolute Gasteiger partial charge is 0.483 e. The smallest absolute Gasteiger partial charge is 0.290 e. The molecule has 1 aliphatic carbocycles. The Hall–Kier alpha value is -2.78. The SMILES string of the molecule is C.Cc1csc(-c2ccc3c(C(=O)NC4CC5CC4CN5)n[nH]c3c2)n1.O=CO. The van der Waals surface area contributed by atoms with Gasteiger partial charge in [0.25, 0.3) is 12.4 Å². The molecule has 0 spiro atoms. The summed E-state index contributed by atoms with van der Waals surface area (Å²) < 4.78 is 0. The maximum absolute atomic E-state index is 12.7. The monoisotopic (exact) mass is 415 g/mol. The van der Waals surface area contributed by atoms with Crippen molar-refractivity contribution in [3.63, 3.8) is 0 Å². The first-order valence-corrected chi connectivity index (χ1v) is 9.99. The molecular weight excluding hydrogens is 390 g/mol. The molecule has 1 saturated heterocycles. The second kappa shape index (κ2) is 8.71. The van der Waals surface area contributed by atoms with E-state index in [1.165, 1.54) is 6.42 Å². The van der Waals surface area contributed by atoms with Crippen molar-refractivity contribution < 1.29 is 14.7 Å². The van der Waals surface area contributed by atoms with Crippen LogP contribution in [0.5, 0.6) is 0 Å². The predicted octanol–water partition coefficient (Wildman–Crippen LogP) is 2.81. The molecule has 2 bridgehead atoms. The molecule has 0 radical (unpaired) electrons. The van der Waals surface area contributed by atoms with Crippen LogP contribution >= 0.6 is 11.3 Å². The van der Waals surface area contributed by atoms with Gasteiger partial charge in [-0.2, -0.15) is 5.10 Å². The van der Waals surface area contributed by atoms with Crippen LogP contribution in [0, 0.1) is 12.8 Å². The van der Waals surface area contributed by atoms with Crippen LogP contribution in [0.2, 0.25) is 0 Å². The second-order valence-corrected chi connectivity index (χ2v) is 8.01. The van der Waals surface area contributed by atoms with Gasteiger partial charge in [-0.15, -0.1) is 11.3 Å². The highest BCUT2D eigenvalue weighted by molar-refractivity contribution is 7.13. The van der Waals surface area contributed by atoms with Crippen LogP contribution in [-0.4, -0.2) is 51.3 Å². The van der Waals surface area contributed by atoms with Crippen LogP contribution in [0.25, 0.3) is 21.5 Å². The number of aromatic nitrogens is 3. The standard InChI is InChI=1S/C18H19N5OS.CH2O2.CH4/c1-9-8-25-18(20-9)10-2-3-13-15(5-10)22-23-16(13)17(24)21-14-6-12-4-11(14)7-19-12;2-1-3;/h2-3,5,8,11-12,14,19H,4,6-7H2,1H3,(H,21,24)(H,22,23);1H,(H,2,3);1H4. The minimum absolute atomic E-state index is 0. The number of carboxylic acid groups (broad SMARTS) is 1. The van der Waals surface area contributed by atoms with Gasteiger partial charge in [-0.05, 0) is 37.8 Å². The lowest BCUT2D eigenvalue weighted by atomic mass is 10.0. The van der Waals surface area contributed by atoms with Crippen LogP contribution < -0.4 is 10.6 Å². The Bertz CT molecular complexity index is 1010. The Morgan fingerprint density at radius 1 is 1.38 bits per heavy atom. The van der Waals surface area contributed by atoms with Crippen LogP contribution in [-0.2, 0) is 4.79 Å². The molecule has 1 aliphatic heterocycles. The van der Waals surface area contributed by atoms with Gasteiger partial charge in [0.05, 0.1) is 5.52 Å². The van der Waals surface area contributed by atoms with Crippen LogP contribution in [0.15, 0.2) is 23.6 Å². The Kier molecular flexibility index (Phi) is 6.29. The summed E-state index contributed by atoms with van der Waals surface area (Å²) in [4.78, 5) is 25.6.